The number of methoxy groups -OCH3 is 1. The van der Waals surface area contributed by atoms with E-state index < -0.39 is 0 Å². The third kappa shape index (κ3) is 6.18. The molecule has 1 unspecified atom stereocenters. The van der Waals surface area contributed by atoms with Gasteiger partial charge in [0.25, 0.3) is 0 Å². The van der Waals surface area contributed by atoms with Crippen LogP contribution < -0.4 is 5.32 Å². The van der Waals surface area contributed by atoms with Crippen molar-refractivity contribution in [3.63, 3.8) is 0 Å². The number of nitrogens with zero attached hydrogens (tertiary/aromatic N) is 5. The molecule has 1 aliphatic heterocycles. The number of hydrogen-bond donors (Lipinski definition) is 1. The molecule has 3 heterocycles. The molecule has 43 heavy (non-hydrogen) atoms. The summed E-state index contributed by atoms with van der Waals surface area (Å²) in [6.07, 6.45) is 6.08. The molecule has 0 aliphatic carbocycles. The lowest BCUT2D eigenvalue weighted by Gasteiger charge is -2.21. The van der Waals surface area contributed by atoms with Crippen molar-refractivity contribution in [1.82, 2.24) is 25.2 Å². The molecule has 10 heteroatoms. The Morgan fingerprint density at radius 1 is 1.02 bits per heavy atom. The van der Waals surface area contributed by atoms with Gasteiger partial charge in [-0.3, -0.25) is 14.6 Å². The van der Waals surface area contributed by atoms with Crippen LogP contribution in [0.3, 0.4) is 0 Å². The van der Waals surface area contributed by atoms with E-state index in [-0.39, 0.29) is 30.0 Å². The Morgan fingerprint density at radius 3 is 2.72 bits per heavy atom. The summed E-state index contributed by atoms with van der Waals surface area (Å²) in [6, 6.07) is 22.3. The normalized spacial score (nSPS) is 15.0. The Morgan fingerprint density at radius 2 is 1.93 bits per heavy atom. The molecule has 2 bridgehead atoms. The molecule has 6 rings (SSSR count). The minimum Gasteiger partial charge on any atom is -0.469 e. The first-order valence-corrected chi connectivity index (χ1v) is 14.1. The van der Waals surface area contributed by atoms with Crippen LogP contribution in [0.5, 0.6) is 0 Å². The van der Waals surface area contributed by atoms with Gasteiger partial charge in [0, 0.05) is 46.6 Å². The highest BCUT2D eigenvalue weighted by atomic mass is 19.1. The number of carbonyl (C=O) groups is 2. The molecule has 216 valence electrons. The van der Waals surface area contributed by atoms with E-state index in [1.54, 1.807) is 12.3 Å². The fourth-order valence-corrected chi connectivity index (χ4v) is 5.53. The first-order valence-electron chi connectivity index (χ1n) is 14.1. The summed E-state index contributed by atoms with van der Waals surface area (Å²) >= 11 is 0. The van der Waals surface area contributed by atoms with Crippen molar-refractivity contribution < 1.29 is 18.7 Å². The molecular weight excluding hydrogens is 547 g/mol. The molecule has 1 atom stereocenters. The Labute approximate surface area is 247 Å². The molecule has 5 aromatic rings. The maximum atomic E-state index is 14.3. The Hall–Kier alpha value is -5.25. The Balaban J connectivity index is 1.36. The smallest absolute Gasteiger partial charge is 0.309 e. The van der Waals surface area contributed by atoms with E-state index in [1.165, 1.54) is 30.3 Å². The van der Waals surface area contributed by atoms with E-state index >= 15 is 0 Å². The number of nitrogens with one attached hydrogen (secondary N) is 1. The quantitative estimate of drug-likeness (QED) is 0.260. The number of aromatic nitrogens is 5. The number of esters is 1. The van der Waals surface area contributed by atoms with Crippen molar-refractivity contribution in [1.29, 1.82) is 0 Å². The lowest BCUT2D eigenvalue weighted by Crippen LogP contribution is -2.14. The Bertz CT molecular complexity index is 1770. The summed E-state index contributed by atoms with van der Waals surface area (Å²) in [7, 11) is 1.36. The summed E-state index contributed by atoms with van der Waals surface area (Å²) in [5, 5.41) is 14.4. The van der Waals surface area contributed by atoms with Crippen molar-refractivity contribution in [2.45, 2.75) is 38.0 Å². The van der Waals surface area contributed by atoms with Crippen LogP contribution in [0.1, 0.15) is 48.4 Å². The zero-order chi connectivity index (χ0) is 29.8. The number of carbonyl (C=O) groups excluding carboxylic acids is 2. The highest BCUT2D eigenvalue weighted by molar-refractivity contribution is 5.96. The number of anilines is 1. The van der Waals surface area contributed by atoms with Crippen molar-refractivity contribution >= 4 is 17.6 Å². The van der Waals surface area contributed by atoms with Crippen LogP contribution in [-0.4, -0.2) is 44.2 Å². The molecule has 0 saturated carbocycles. The number of hydrogen-bond acceptors (Lipinski definition) is 7. The fourth-order valence-electron chi connectivity index (χ4n) is 5.53. The van der Waals surface area contributed by atoms with Crippen molar-refractivity contribution in [3.05, 3.63) is 108 Å². The Kier molecular flexibility index (Phi) is 7.99. The summed E-state index contributed by atoms with van der Waals surface area (Å²) in [5.41, 5.74) is 7.25. The van der Waals surface area contributed by atoms with Gasteiger partial charge in [0.15, 0.2) is 0 Å². The minimum absolute atomic E-state index is 0.00923. The van der Waals surface area contributed by atoms with Gasteiger partial charge in [-0.25, -0.2) is 4.39 Å². The van der Waals surface area contributed by atoms with E-state index in [1.807, 2.05) is 42.5 Å². The number of ether oxygens (including phenoxy) is 1. The highest BCUT2D eigenvalue weighted by Crippen LogP contribution is 2.36. The molecule has 0 saturated heterocycles. The second kappa shape index (κ2) is 12.3. The number of tetrazole rings is 1. The van der Waals surface area contributed by atoms with E-state index in [4.69, 9.17) is 9.72 Å². The van der Waals surface area contributed by atoms with Crippen molar-refractivity contribution in [2.24, 2.45) is 0 Å². The second-order valence-corrected chi connectivity index (χ2v) is 10.5. The molecule has 1 amide bonds. The highest BCUT2D eigenvalue weighted by Gasteiger charge is 2.20. The van der Waals surface area contributed by atoms with Gasteiger partial charge < -0.3 is 10.1 Å². The van der Waals surface area contributed by atoms with Crippen LogP contribution in [0.25, 0.3) is 27.9 Å². The predicted molar refractivity (Wildman–Crippen MR) is 159 cm³/mol. The van der Waals surface area contributed by atoms with Gasteiger partial charge in [-0.2, -0.15) is 4.68 Å². The van der Waals surface area contributed by atoms with E-state index in [9.17, 15) is 14.0 Å². The van der Waals surface area contributed by atoms with Crippen LogP contribution in [0.15, 0.2) is 85.3 Å². The molecule has 9 nitrogen and oxygen atoms in total. The topological polar surface area (TPSA) is 112 Å². The van der Waals surface area contributed by atoms with Gasteiger partial charge in [-0.1, -0.05) is 48.9 Å². The number of fused-ring (bicyclic) bond motifs is 4. The minimum atomic E-state index is -0.367. The monoisotopic (exact) mass is 576 g/mol. The van der Waals surface area contributed by atoms with Gasteiger partial charge in [-0.05, 0) is 70.3 Å². The van der Waals surface area contributed by atoms with Crippen LogP contribution in [0.2, 0.25) is 0 Å². The first-order chi connectivity index (χ1) is 21.0. The molecule has 1 aliphatic rings. The molecule has 0 radical (unpaired) electrons. The zero-order valence-corrected chi connectivity index (χ0v) is 23.5. The number of rotatable bonds is 5. The fraction of sp³-hybridized carbons (Fsp3) is 0.212. The average molecular weight is 577 g/mol. The van der Waals surface area contributed by atoms with Crippen LogP contribution >= 0.6 is 0 Å². The second-order valence-electron chi connectivity index (χ2n) is 10.5. The van der Waals surface area contributed by atoms with Crippen LogP contribution in [0, 0.1) is 5.82 Å². The third-order valence-corrected chi connectivity index (χ3v) is 7.69. The van der Waals surface area contributed by atoms with Gasteiger partial charge in [0.05, 0.1) is 19.2 Å². The van der Waals surface area contributed by atoms with Gasteiger partial charge >= 0.3 is 5.97 Å². The molecule has 2 aromatic heterocycles. The largest absolute Gasteiger partial charge is 0.469 e. The standard InChI is InChI=1S/C33H29FN6O3/c1-43-33(42)16-21-9-12-27-23-6-4-5-22(17-23)26(7-2-3-8-32(41)37-30(27)15-21)29-13-10-24(19-35-29)28-18-25(34)11-14-31(28)40-20-36-38-39-40/h4-6,9-15,17-20,26H,2-3,7-8,16H2,1H3,(H,37,41). The summed E-state index contributed by atoms with van der Waals surface area (Å²) in [4.78, 5) is 29.6. The lowest BCUT2D eigenvalue weighted by atomic mass is 9.87. The van der Waals surface area contributed by atoms with E-state index in [0.717, 1.165) is 52.8 Å². The molecule has 0 fully saturated rings. The molecule has 0 spiro atoms. The maximum Gasteiger partial charge on any atom is 0.309 e. The summed E-state index contributed by atoms with van der Waals surface area (Å²) < 4.78 is 20.6. The first kappa shape index (κ1) is 27.9. The van der Waals surface area contributed by atoms with Crippen molar-refractivity contribution in [3.8, 4) is 27.9 Å². The third-order valence-electron chi connectivity index (χ3n) is 7.69. The molecular formula is C33H29FN6O3. The average Bonchev–Trinajstić information content (AvgIpc) is 3.56. The maximum absolute atomic E-state index is 14.3. The van der Waals surface area contributed by atoms with Gasteiger partial charge in [0.2, 0.25) is 5.91 Å². The van der Waals surface area contributed by atoms with Gasteiger partial charge in [-0.15, -0.1) is 5.10 Å². The van der Waals surface area contributed by atoms with E-state index in [2.05, 4.69) is 33.0 Å². The molecule has 1 N–H and O–H groups in total. The lowest BCUT2D eigenvalue weighted by molar-refractivity contribution is -0.139. The van der Waals surface area contributed by atoms with Crippen LogP contribution in [-0.2, 0) is 20.7 Å². The number of benzene rings is 3. The number of amides is 1. The number of pyridine rings is 1. The van der Waals surface area contributed by atoms with Crippen molar-refractivity contribution in [2.75, 3.05) is 12.4 Å². The molecule has 3 aromatic carbocycles. The van der Waals surface area contributed by atoms with Crippen LogP contribution in [0.4, 0.5) is 10.1 Å². The van der Waals surface area contributed by atoms with Gasteiger partial charge in [0.1, 0.15) is 12.1 Å². The summed E-state index contributed by atoms with van der Waals surface area (Å²) in [6.45, 7) is 0. The SMILES string of the molecule is COC(=O)Cc1ccc2c(c1)NC(=O)CCCCC(c1ccc(-c3cc(F)ccc3-n3cnnn3)cn1)c1cccc-2c1. The predicted octanol–water partition coefficient (Wildman–Crippen LogP) is 5.89. The van der Waals surface area contributed by atoms with E-state index in [0.29, 0.717) is 23.4 Å². The zero-order valence-electron chi connectivity index (χ0n) is 23.5. The summed E-state index contributed by atoms with van der Waals surface area (Å²) in [5.74, 6) is -0.786. The number of halogens is 1.